The molecule has 0 aromatic rings. The Kier molecular flexibility index (Phi) is 3.09. The van der Waals surface area contributed by atoms with Crippen molar-refractivity contribution in [3.05, 3.63) is 11.6 Å². The lowest BCUT2D eigenvalue weighted by Gasteiger charge is -2.39. The summed E-state index contributed by atoms with van der Waals surface area (Å²) in [6.07, 6.45) is 4.95. The Labute approximate surface area is 78.8 Å². The van der Waals surface area contributed by atoms with E-state index in [2.05, 4.69) is 12.2 Å². The molecule has 3 heteroatoms. The third-order valence-corrected chi connectivity index (χ3v) is 2.62. The van der Waals surface area contributed by atoms with E-state index in [-0.39, 0.29) is 5.54 Å². The van der Waals surface area contributed by atoms with Crippen molar-refractivity contribution in [1.82, 2.24) is 5.32 Å². The maximum atomic E-state index is 10.3. The average Bonchev–Trinajstić information content (AvgIpc) is 1.96. The summed E-state index contributed by atoms with van der Waals surface area (Å²) in [6, 6.07) is 0. The van der Waals surface area contributed by atoms with E-state index in [1.807, 2.05) is 6.92 Å². The highest BCUT2D eigenvalue weighted by molar-refractivity contribution is 5.80. The number of aliphatic carboxylic acids is 1. The highest BCUT2D eigenvalue weighted by atomic mass is 16.4. The molecule has 0 unspecified atom stereocenters. The summed E-state index contributed by atoms with van der Waals surface area (Å²) in [6.45, 7) is 4.70. The molecule has 0 amide bonds. The van der Waals surface area contributed by atoms with Crippen LogP contribution in [0.15, 0.2) is 11.6 Å². The molecule has 1 aliphatic rings. The van der Waals surface area contributed by atoms with Crippen LogP contribution >= 0.6 is 0 Å². The van der Waals surface area contributed by atoms with E-state index >= 15 is 0 Å². The first-order chi connectivity index (χ1) is 6.02. The van der Waals surface area contributed by atoms with Gasteiger partial charge in [-0.15, -0.1) is 0 Å². The Morgan fingerprint density at radius 2 is 2.23 bits per heavy atom. The molecule has 0 saturated heterocycles. The fourth-order valence-electron chi connectivity index (χ4n) is 1.50. The predicted octanol–water partition coefficient (Wildman–Crippen LogP) is 1.55. The summed E-state index contributed by atoms with van der Waals surface area (Å²) in [5, 5.41) is 11.8. The smallest absolute Gasteiger partial charge is 0.328 e. The van der Waals surface area contributed by atoms with E-state index in [0.717, 1.165) is 5.57 Å². The summed E-state index contributed by atoms with van der Waals surface area (Å²) in [5.41, 5.74) is 1.13. The molecule has 0 aromatic heterocycles. The number of carboxylic acids is 1. The van der Waals surface area contributed by atoms with Crippen LogP contribution in [0.1, 0.15) is 33.1 Å². The SMILES string of the molecule is CC(=CC(=O)O)CNC1(C)CCC1. The molecular formula is C10H17NO2. The van der Waals surface area contributed by atoms with Gasteiger partial charge in [-0.25, -0.2) is 4.79 Å². The number of nitrogens with one attached hydrogen (secondary N) is 1. The second kappa shape index (κ2) is 3.92. The average molecular weight is 183 g/mol. The summed E-state index contributed by atoms with van der Waals surface area (Å²) >= 11 is 0. The molecule has 1 saturated carbocycles. The van der Waals surface area contributed by atoms with E-state index in [4.69, 9.17) is 5.11 Å². The Bertz CT molecular complexity index is 229. The van der Waals surface area contributed by atoms with Crippen LogP contribution in [-0.4, -0.2) is 23.2 Å². The highest BCUT2D eigenvalue weighted by Crippen LogP contribution is 2.30. The third-order valence-electron chi connectivity index (χ3n) is 2.62. The summed E-state index contributed by atoms with van der Waals surface area (Å²) in [7, 11) is 0. The maximum absolute atomic E-state index is 10.3. The second-order valence-electron chi connectivity index (χ2n) is 4.10. The highest BCUT2D eigenvalue weighted by Gasteiger charge is 2.30. The summed E-state index contributed by atoms with van der Waals surface area (Å²) < 4.78 is 0. The molecule has 1 rings (SSSR count). The molecule has 0 aromatic carbocycles. The van der Waals surface area contributed by atoms with Crippen molar-refractivity contribution in [2.45, 2.75) is 38.6 Å². The Morgan fingerprint density at radius 3 is 2.62 bits per heavy atom. The lowest BCUT2D eigenvalue weighted by atomic mass is 9.78. The van der Waals surface area contributed by atoms with Crippen molar-refractivity contribution in [3.8, 4) is 0 Å². The molecule has 0 heterocycles. The minimum Gasteiger partial charge on any atom is -0.478 e. The zero-order valence-electron chi connectivity index (χ0n) is 8.26. The van der Waals surface area contributed by atoms with Crippen molar-refractivity contribution in [2.75, 3.05) is 6.54 Å². The maximum Gasteiger partial charge on any atom is 0.328 e. The van der Waals surface area contributed by atoms with Gasteiger partial charge in [0.2, 0.25) is 0 Å². The van der Waals surface area contributed by atoms with Crippen LogP contribution in [0.5, 0.6) is 0 Å². The van der Waals surface area contributed by atoms with Crippen LogP contribution in [0, 0.1) is 0 Å². The van der Waals surface area contributed by atoms with E-state index in [1.165, 1.54) is 25.3 Å². The fourth-order valence-corrected chi connectivity index (χ4v) is 1.50. The molecule has 3 nitrogen and oxygen atoms in total. The monoisotopic (exact) mass is 183 g/mol. The van der Waals surface area contributed by atoms with Crippen molar-refractivity contribution >= 4 is 5.97 Å². The van der Waals surface area contributed by atoms with E-state index in [0.29, 0.717) is 6.54 Å². The van der Waals surface area contributed by atoms with Crippen LogP contribution in [0.3, 0.4) is 0 Å². The van der Waals surface area contributed by atoms with Crippen LogP contribution in [0.2, 0.25) is 0 Å². The number of carboxylic acid groups (broad SMARTS) is 1. The van der Waals surface area contributed by atoms with Gasteiger partial charge in [0.1, 0.15) is 0 Å². The zero-order valence-corrected chi connectivity index (χ0v) is 8.26. The zero-order chi connectivity index (χ0) is 9.90. The molecule has 0 aliphatic heterocycles. The van der Waals surface area contributed by atoms with Crippen molar-refractivity contribution in [3.63, 3.8) is 0 Å². The van der Waals surface area contributed by atoms with Gasteiger partial charge < -0.3 is 10.4 Å². The van der Waals surface area contributed by atoms with Crippen molar-refractivity contribution in [2.24, 2.45) is 0 Å². The molecule has 13 heavy (non-hydrogen) atoms. The number of rotatable bonds is 4. The standard InChI is InChI=1S/C10H17NO2/c1-8(6-9(12)13)7-11-10(2)4-3-5-10/h6,11H,3-5,7H2,1-2H3,(H,12,13). The number of hydrogen-bond donors (Lipinski definition) is 2. The lowest BCUT2D eigenvalue weighted by Crippen LogP contribution is -2.48. The molecule has 0 atom stereocenters. The Morgan fingerprint density at radius 1 is 1.62 bits per heavy atom. The van der Waals surface area contributed by atoms with Crippen LogP contribution in [0.25, 0.3) is 0 Å². The van der Waals surface area contributed by atoms with Crippen LogP contribution < -0.4 is 5.32 Å². The molecule has 74 valence electrons. The molecule has 0 spiro atoms. The number of carbonyl (C=O) groups is 1. The minimum absolute atomic E-state index is 0.258. The van der Waals surface area contributed by atoms with Crippen LogP contribution in [0.4, 0.5) is 0 Å². The van der Waals surface area contributed by atoms with Crippen LogP contribution in [-0.2, 0) is 4.79 Å². The van der Waals surface area contributed by atoms with Gasteiger partial charge in [-0.2, -0.15) is 0 Å². The van der Waals surface area contributed by atoms with Crippen molar-refractivity contribution in [1.29, 1.82) is 0 Å². The van der Waals surface area contributed by atoms with Gasteiger partial charge >= 0.3 is 5.97 Å². The molecule has 2 N–H and O–H groups in total. The minimum atomic E-state index is -0.863. The first-order valence-electron chi connectivity index (χ1n) is 4.67. The predicted molar refractivity (Wildman–Crippen MR) is 51.7 cm³/mol. The molecular weight excluding hydrogens is 166 g/mol. The fraction of sp³-hybridized carbons (Fsp3) is 0.700. The Hall–Kier alpha value is -0.830. The molecule has 0 radical (unpaired) electrons. The second-order valence-corrected chi connectivity index (χ2v) is 4.10. The van der Waals surface area contributed by atoms with Gasteiger partial charge in [0.25, 0.3) is 0 Å². The van der Waals surface area contributed by atoms with Gasteiger partial charge in [0, 0.05) is 18.2 Å². The van der Waals surface area contributed by atoms with E-state index < -0.39 is 5.97 Å². The first-order valence-corrected chi connectivity index (χ1v) is 4.67. The summed E-state index contributed by atoms with van der Waals surface area (Å²) in [5.74, 6) is -0.863. The number of hydrogen-bond acceptors (Lipinski definition) is 2. The quantitative estimate of drug-likeness (QED) is 0.650. The molecule has 1 aliphatic carbocycles. The van der Waals surface area contributed by atoms with Gasteiger partial charge in [0.15, 0.2) is 0 Å². The van der Waals surface area contributed by atoms with E-state index in [1.54, 1.807) is 0 Å². The third kappa shape index (κ3) is 3.19. The molecule has 0 bridgehead atoms. The largest absolute Gasteiger partial charge is 0.478 e. The van der Waals surface area contributed by atoms with E-state index in [9.17, 15) is 4.79 Å². The molecule has 1 fully saturated rings. The van der Waals surface area contributed by atoms with Gasteiger partial charge in [-0.1, -0.05) is 5.57 Å². The lowest BCUT2D eigenvalue weighted by molar-refractivity contribution is -0.131. The van der Waals surface area contributed by atoms with Gasteiger partial charge in [-0.05, 0) is 33.1 Å². The normalized spacial score (nSPS) is 20.9. The summed E-state index contributed by atoms with van der Waals surface area (Å²) in [4.78, 5) is 10.3. The van der Waals surface area contributed by atoms with Gasteiger partial charge in [0.05, 0.1) is 0 Å². The van der Waals surface area contributed by atoms with Crippen molar-refractivity contribution < 1.29 is 9.90 Å². The topological polar surface area (TPSA) is 49.3 Å². The van der Waals surface area contributed by atoms with Gasteiger partial charge in [-0.3, -0.25) is 0 Å². The Balaban J connectivity index is 2.29. The first kappa shape index (κ1) is 10.3.